The van der Waals surface area contributed by atoms with E-state index in [0.717, 1.165) is 0 Å². The first-order valence-electron chi connectivity index (χ1n) is 4.03. The fraction of sp³-hybridized carbons (Fsp3) is 0.250. The summed E-state index contributed by atoms with van der Waals surface area (Å²) in [6.45, 7) is 0. The van der Waals surface area contributed by atoms with Crippen molar-refractivity contribution in [3.8, 4) is 0 Å². The van der Waals surface area contributed by atoms with Crippen LogP contribution in [0, 0.1) is 0 Å². The number of H-pyrrole nitrogens is 1. The molecule has 0 aromatic carbocycles. The van der Waals surface area contributed by atoms with Crippen LogP contribution in [0.15, 0.2) is 12.1 Å². The highest BCUT2D eigenvalue weighted by Crippen LogP contribution is 2.19. The summed E-state index contributed by atoms with van der Waals surface area (Å²) in [5, 5.41) is 2.81. The molecule has 0 spiro atoms. The Kier molecular flexibility index (Phi) is 2.03. The highest BCUT2D eigenvalue weighted by molar-refractivity contribution is 5.72. The van der Waals surface area contributed by atoms with Crippen molar-refractivity contribution in [2.45, 2.75) is 6.43 Å². The monoisotopic (exact) mass is 198 g/mol. The molecule has 0 saturated heterocycles. The Hall–Kier alpha value is -1.72. The van der Waals surface area contributed by atoms with Crippen molar-refractivity contribution in [2.75, 3.05) is 12.4 Å². The first-order chi connectivity index (χ1) is 6.70. The van der Waals surface area contributed by atoms with Crippen molar-refractivity contribution in [2.24, 2.45) is 0 Å². The third-order valence-corrected chi connectivity index (χ3v) is 1.83. The van der Waals surface area contributed by atoms with Gasteiger partial charge >= 0.3 is 0 Å². The summed E-state index contributed by atoms with van der Waals surface area (Å²) in [6, 6.07) is 3.35. The normalized spacial score (nSPS) is 11.1. The molecule has 0 aliphatic rings. The molecule has 0 bridgehead atoms. The Morgan fingerprint density at radius 1 is 1.36 bits per heavy atom. The summed E-state index contributed by atoms with van der Waals surface area (Å²) >= 11 is 0. The standard InChI is InChI=1S/C8H8F2N4/c1-11-5-3-2-4-7(13-5)14-8(12-4)6(9)10/h2-3,6H,1H3,(H2,11,12,13,14). The van der Waals surface area contributed by atoms with Gasteiger partial charge in [0.05, 0.1) is 5.52 Å². The van der Waals surface area contributed by atoms with E-state index in [1.807, 2.05) is 0 Å². The van der Waals surface area contributed by atoms with E-state index < -0.39 is 6.43 Å². The van der Waals surface area contributed by atoms with Gasteiger partial charge in [-0.2, -0.15) is 0 Å². The summed E-state index contributed by atoms with van der Waals surface area (Å²) in [7, 11) is 1.70. The molecule has 2 rings (SSSR count). The van der Waals surface area contributed by atoms with Crippen LogP contribution in [-0.4, -0.2) is 22.0 Å². The first-order valence-corrected chi connectivity index (χ1v) is 4.03. The zero-order valence-electron chi connectivity index (χ0n) is 7.38. The van der Waals surface area contributed by atoms with Crippen molar-refractivity contribution in [1.29, 1.82) is 0 Å². The molecule has 6 heteroatoms. The minimum atomic E-state index is -2.60. The van der Waals surface area contributed by atoms with Gasteiger partial charge in [-0.3, -0.25) is 0 Å². The fourth-order valence-electron chi connectivity index (χ4n) is 1.15. The predicted octanol–water partition coefficient (Wildman–Crippen LogP) is 1.94. The smallest absolute Gasteiger partial charge is 0.295 e. The van der Waals surface area contributed by atoms with Crippen LogP contribution in [-0.2, 0) is 0 Å². The molecule has 0 amide bonds. The molecule has 0 aliphatic carbocycles. The van der Waals surface area contributed by atoms with Crippen LogP contribution in [0.3, 0.4) is 0 Å². The number of imidazole rings is 1. The second-order valence-corrected chi connectivity index (χ2v) is 2.74. The van der Waals surface area contributed by atoms with Gasteiger partial charge in [0.1, 0.15) is 5.82 Å². The van der Waals surface area contributed by atoms with E-state index in [0.29, 0.717) is 17.0 Å². The van der Waals surface area contributed by atoms with Crippen LogP contribution < -0.4 is 5.32 Å². The maximum atomic E-state index is 12.3. The molecule has 0 aliphatic heterocycles. The Balaban J connectivity index is 2.54. The summed E-state index contributed by atoms with van der Waals surface area (Å²) in [5.41, 5.74) is 0.812. The number of anilines is 1. The predicted molar refractivity (Wildman–Crippen MR) is 48.4 cm³/mol. The van der Waals surface area contributed by atoms with Gasteiger partial charge in [-0.1, -0.05) is 0 Å². The van der Waals surface area contributed by atoms with Crippen LogP contribution in [0.5, 0.6) is 0 Å². The molecule has 4 nitrogen and oxygen atoms in total. The van der Waals surface area contributed by atoms with E-state index in [1.165, 1.54) is 0 Å². The lowest BCUT2D eigenvalue weighted by Gasteiger charge is -1.95. The van der Waals surface area contributed by atoms with Crippen LogP contribution in [0.25, 0.3) is 11.2 Å². The van der Waals surface area contributed by atoms with Crippen molar-refractivity contribution < 1.29 is 8.78 Å². The number of pyridine rings is 1. The first kappa shape index (κ1) is 8.86. The third kappa shape index (κ3) is 1.39. The number of rotatable bonds is 2. The van der Waals surface area contributed by atoms with Gasteiger partial charge in [0.2, 0.25) is 0 Å². The number of fused-ring (bicyclic) bond motifs is 1. The number of hydrogen-bond donors (Lipinski definition) is 2. The zero-order chi connectivity index (χ0) is 10.1. The lowest BCUT2D eigenvalue weighted by atomic mass is 10.4. The molecule has 0 radical (unpaired) electrons. The van der Waals surface area contributed by atoms with Crippen LogP contribution in [0.4, 0.5) is 14.6 Å². The second kappa shape index (κ2) is 3.21. The quantitative estimate of drug-likeness (QED) is 0.775. The van der Waals surface area contributed by atoms with Crippen LogP contribution >= 0.6 is 0 Å². The SMILES string of the molecule is CNc1ccc2[nH]c(C(F)F)nc2n1. The molecule has 2 N–H and O–H groups in total. The molecule has 0 unspecified atom stereocenters. The van der Waals surface area contributed by atoms with E-state index >= 15 is 0 Å². The van der Waals surface area contributed by atoms with Gasteiger partial charge in [-0.25, -0.2) is 18.7 Å². The lowest BCUT2D eigenvalue weighted by Crippen LogP contribution is -1.91. The van der Waals surface area contributed by atoms with Crippen molar-refractivity contribution >= 4 is 17.0 Å². The van der Waals surface area contributed by atoms with E-state index in [-0.39, 0.29) is 5.82 Å². The van der Waals surface area contributed by atoms with E-state index in [2.05, 4.69) is 20.3 Å². The van der Waals surface area contributed by atoms with Crippen molar-refractivity contribution in [3.63, 3.8) is 0 Å². The lowest BCUT2D eigenvalue weighted by molar-refractivity contribution is 0.142. The molecule has 2 aromatic rings. The minimum absolute atomic E-state index is 0.298. The number of nitrogens with zero attached hydrogens (tertiary/aromatic N) is 2. The van der Waals surface area contributed by atoms with Crippen LogP contribution in [0.2, 0.25) is 0 Å². The molecule has 2 heterocycles. The molecule has 0 fully saturated rings. The molecule has 2 aromatic heterocycles. The molecule has 14 heavy (non-hydrogen) atoms. The number of halogens is 2. The summed E-state index contributed by atoms with van der Waals surface area (Å²) < 4.78 is 24.5. The van der Waals surface area contributed by atoms with Crippen LogP contribution in [0.1, 0.15) is 12.2 Å². The number of aromatic nitrogens is 3. The average Bonchev–Trinajstić information content (AvgIpc) is 2.59. The topological polar surface area (TPSA) is 53.6 Å². The molecule has 0 saturated carbocycles. The summed E-state index contributed by atoms with van der Waals surface area (Å²) in [5.74, 6) is 0.255. The molecule has 0 atom stereocenters. The largest absolute Gasteiger partial charge is 0.373 e. The van der Waals surface area contributed by atoms with Gasteiger partial charge < -0.3 is 10.3 Å². The van der Waals surface area contributed by atoms with Gasteiger partial charge in [-0.15, -0.1) is 0 Å². The van der Waals surface area contributed by atoms with Gasteiger partial charge in [0.15, 0.2) is 11.5 Å². The number of alkyl halides is 2. The third-order valence-electron chi connectivity index (χ3n) is 1.83. The highest BCUT2D eigenvalue weighted by Gasteiger charge is 2.13. The molecule has 74 valence electrons. The summed E-state index contributed by atoms with van der Waals surface area (Å²) in [4.78, 5) is 10.2. The van der Waals surface area contributed by atoms with Gasteiger partial charge in [0, 0.05) is 7.05 Å². The average molecular weight is 198 g/mol. The zero-order valence-corrected chi connectivity index (χ0v) is 7.38. The minimum Gasteiger partial charge on any atom is -0.373 e. The maximum absolute atomic E-state index is 12.3. The maximum Gasteiger partial charge on any atom is 0.295 e. The van der Waals surface area contributed by atoms with Gasteiger partial charge in [0.25, 0.3) is 6.43 Å². The molecular formula is C8H8F2N4. The fourth-order valence-corrected chi connectivity index (χ4v) is 1.15. The Labute approximate surface area is 78.4 Å². The summed E-state index contributed by atoms with van der Waals surface area (Å²) in [6.07, 6.45) is -2.60. The van der Waals surface area contributed by atoms with Crippen molar-refractivity contribution in [1.82, 2.24) is 15.0 Å². The van der Waals surface area contributed by atoms with Gasteiger partial charge in [-0.05, 0) is 12.1 Å². The Morgan fingerprint density at radius 3 is 2.79 bits per heavy atom. The number of nitrogens with one attached hydrogen (secondary N) is 2. The Morgan fingerprint density at radius 2 is 2.14 bits per heavy atom. The van der Waals surface area contributed by atoms with E-state index in [9.17, 15) is 8.78 Å². The second-order valence-electron chi connectivity index (χ2n) is 2.74. The number of aromatic amines is 1. The number of hydrogen-bond acceptors (Lipinski definition) is 3. The highest BCUT2D eigenvalue weighted by atomic mass is 19.3. The molecular weight excluding hydrogens is 190 g/mol. The Bertz CT molecular complexity index is 452. The van der Waals surface area contributed by atoms with E-state index in [1.54, 1.807) is 19.2 Å². The van der Waals surface area contributed by atoms with E-state index in [4.69, 9.17) is 0 Å². The van der Waals surface area contributed by atoms with Crippen molar-refractivity contribution in [3.05, 3.63) is 18.0 Å².